The highest BCUT2D eigenvalue weighted by Gasteiger charge is 2.43. The summed E-state index contributed by atoms with van der Waals surface area (Å²) in [7, 11) is 0. The van der Waals surface area contributed by atoms with Gasteiger partial charge in [0, 0.05) is 0 Å². The molecule has 0 saturated carbocycles. The summed E-state index contributed by atoms with van der Waals surface area (Å²) in [6.45, 7) is 3.36. The summed E-state index contributed by atoms with van der Waals surface area (Å²) in [5, 5.41) is 3.36. The number of epoxide rings is 1. The third kappa shape index (κ3) is 1.10. The number of ether oxygens (including phenoxy) is 1. The summed E-state index contributed by atoms with van der Waals surface area (Å²) >= 11 is 0. The van der Waals surface area contributed by atoms with E-state index in [9.17, 15) is 0 Å². The fourth-order valence-corrected chi connectivity index (χ4v) is 1.49. The zero-order valence-electron chi connectivity index (χ0n) is 5.65. The Labute approximate surface area is 55.6 Å². The van der Waals surface area contributed by atoms with Crippen LogP contribution in [0.15, 0.2) is 0 Å². The molecule has 1 spiro atoms. The van der Waals surface area contributed by atoms with Crippen LogP contribution in [0.3, 0.4) is 0 Å². The lowest BCUT2D eigenvalue weighted by molar-refractivity contribution is 0.282. The molecule has 0 aromatic rings. The number of hydrogen-bond donors (Lipinski definition) is 1. The molecule has 0 aromatic heterocycles. The molecule has 0 aliphatic carbocycles. The first kappa shape index (κ1) is 5.69. The summed E-state index contributed by atoms with van der Waals surface area (Å²) in [5.74, 6) is 0. The Hall–Kier alpha value is -0.0800. The van der Waals surface area contributed by atoms with Crippen molar-refractivity contribution in [3.8, 4) is 0 Å². The molecule has 2 rings (SSSR count). The molecule has 0 radical (unpaired) electrons. The minimum atomic E-state index is 0.351. The molecule has 2 nitrogen and oxygen atoms in total. The number of rotatable bonds is 0. The summed E-state index contributed by atoms with van der Waals surface area (Å²) in [6, 6.07) is 0. The third-order valence-electron chi connectivity index (χ3n) is 2.30. The van der Waals surface area contributed by atoms with Crippen molar-refractivity contribution in [1.82, 2.24) is 5.32 Å². The first-order chi connectivity index (χ1) is 4.41. The molecule has 2 aliphatic rings. The molecule has 1 atom stereocenters. The van der Waals surface area contributed by atoms with Gasteiger partial charge >= 0.3 is 0 Å². The van der Waals surface area contributed by atoms with Crippen molar-refractivity contribution in [3.05, 3.63) is 0 Å². The lowest BCUT2D eigenvalue weighted by Gasteiger charge is -2.03. The predicted molar refractivity (Wildman–Crippen MR) is 35.4 cm³/mol. The van der Waals surface area contributed by atoms with Crippen LogP contribution in [0, 0.1) is 0 Å². The molecule has 2 fully saturated rings. The molecule has 0 amide bonds. The van der Waals surface area contributed by atoms with E-state index in [1.165, 1.54) is 25.8 Å². The van der Waals surface area contributed by atoms with Crippen LogP contribution >= 0.6 is 0 Å². The Morgan fingerprint density at radius 2 is 2.11 bits per heavy atom. The smallest absolute Gasteiger partial charge is 0.0929 e. The van der Waals surface area contributed by atoms with Crippen LogP contribution in [0.1, 0.15) is 19.3 Å². The molecule has 2 heteroatoms. The fourth-order valence-electron chi connectivity index (χ4n) is 1.49. The lowest BCUT2D eigenvalue weighted by atomic mass is 10.0. The van der Waals surface area contributed by atoms with Crippen molar-refractivity contribution in [3.63, 3.8) is 0 Å². The molecular formula is C7H13NO. The van der Waals surface area contributed by atoms with E-state index in [0.29, 0.717) is 5.60 Å². The van der Waals surface area contributed by atoms with Gasteiger partial charge in [-0.05, 0) is 32.4 Å². The largest absolute Gasteiger partial charge is 0.370 e. The van der Waals surface area contributed by atoms with Gasteiger partial charge in [0.1, 0.15) is 0 Å². The van der Waals surface area contributed by atoms with Gasteiger partial charge in [-0.2, -0.15) is 0 Å². The number of nitrogens with one attached hydrogen (secondary N) is 1. The highest BCUT2D eigenvalue weighted by atomic mass is 16.6. The Bertz CT molecular complexity index is 99.5. The van der Waals surface area contributed by atoms with Gasteiger partial charge in [-0.15, -0.1) is 0 Å². The zero-order valence-corrected chi connectivity index (χ0v) is 5.65. The molecular weight excluding hydrogens is 114 g/mol. The first-order valence-corrected chi connectivity index (χ1v) is 3.76. The second kappa shape index (κ2) is 1.96. The normalized spacial score (nSPS) is 42.7. The van der Waals surface area contributed by atoms with E-state index in [4.69, 9.17) is 4.74 Å². The van der Waals surface area contributed by atoms with Crippen molar-refractivity contribution < 1.29 is 4.74 Å². The van der Waals surface area contributed by atoms with Crippen molar-refractivity contribution in [2.45, 2.75) is 24.9 Å². The van der Waals surface area contributed by atoms with Crippen molar-refractivity contribution in [2.75, 3.05) is 19.7 Å². The van der Waals surface area contributed by atoms with E-state index in [1.54, 1.807) is 0 Å². The third-order valence-corrected chi connectivity index (χ3v) is 2.30. The highest BCUT2D eigenvalue weighted by Crippen LogP contribution is 2.36. The van der Waals surface area contributed by atoms with E-state index < -0.39 is 0 Å². The topological polar surface area (TPSA) is 24.6 Å². The molecule has 0 aromatic carbocycles. The second-order valence-electron chi connectivity index (χ2n) is 3.08. The van der Waals surface area contributed by atoms with Crippen LogP contribution in [-0.4, -0.2) is 25.3 Å². The summed E-state index contributed by atoms with van der Waals surface area (Å²) < 4.78 is 5.38. The predicted octanol–water partition coefficient (Wildman–Crippen LogP) is 0.529. The van der Waals surface area contributed by atoms with Crippen LogP contribution in [-0.2, 0) is 4.74 Å². The SMILES string of the molecule is C1CNCCC2(C1)CO2. The van der Waals surface area contributed by atoms with Crippen molar-refractivity contribution >= 4 is 0 Å². The van der Waals surface area contributed by atoms with Crippen LogP contribution in [0.5, 0.6) is 0 Å². The van der Waals surface area contributed by atoms with Crippen LogP contribution in [0.4, 0.5) is 0 Å². The van der Waals surface area contributed by atoms with E-state index in [-0.39, 0.29) is 0 Å². The maximum atomic E-state index is 5.38. The van der Waals surface area contributed by atoms with Crippen LogP contribution < -0.4 is 5.32 Å². The molecule has 2 saturated heterocycles. The van der Waals surface area contributed by atoms with Crippen molar-refractivity contribution in [2.24, 2.45) is 0 Å². The average Bonchev–Trinajstić information content (AvgIpc) is 2.64. The van der Waals surface area contributed by atoms with E-state index >= 15 is 0 Å². The lowest BCUT2D eigenvalue weighted by Crippen LogP contribution is -2.16. The molecule has 52 valence electrons. The fraction of sp³-hybridized carbons (Fsp3) is 1.00. The van der Waals surface area contributed by atoms with Gasteiger partial charge in [-0.25, -0.2) is 0 Å². The van der Waals surface area contributed by atoms with E-state index in [2.05, 4.69) is 5.32 Å². The quantitative estimate of drug-likeness (QED) is 0.480. The monoisotopic (exact) mass is 127 g/mol. The highest BCUT2D eigenvalue weighted by molar-refractivity contribution is 4.93. The summed E-state index contributed by atoms with van der Waals surface area (Å²) in [6.07, 6.45) is 3.80. The second-order valence-corrected chi connectivity index (χ2v) is 3.08. The zero-order chi connectivity index (χ0) is 6.16. The minimum absolute atomic E-state index is 0.351. The Kier molecular flexibility index (Phi) is 1.24. The summed E-state index contributed by atoms with van der Waals surface area (Å²) in [5.41, 5.74) is 0.351. The Morgan fingerprint density at radius 3 is 2.89 bits per heavy atom. The average molecular weight is 127 g/mol. The standard InChI is InChI=1S/C7H13NO/c1-2-7(6-9-7)3-5-8-4-1/h8H,1-6H2. The van der Waals surface area contributed by atoms with Gasteiger partial charge in [-0.1, -0.05) is 0 Å². The minimum Gasteiger partial charge on any atom is -0.370 e. The van der Waals surface area contributed by atoms with Gasteiger partial charge in [-0.3, -0.25) is 0 Å². The molecule has 9 heavy (non-hydrogen) atoms. The van der Waals surface area contributed by atoms with Gasteiger partial charge in [0.25, 0.3) is 0 Å². The Morgan fingerprint density at radius 1 is 1.22 bits per heavy atom. The number of hydrogen-bond acceptors (Lipinski definition) is 2. The maximum absolute atomic E-state index is 5.38. The molecule has 2 aliphatic heterocycles. The first-order valence-electron chi connectivity index (χ1n) is 3.76. The van der Waals surface area contributed by atoms with E-state index in [1.807, 2.05) is 0 Å². The molecule has 1 N–H and O–H groups in total. The van der Waals surface area contributed by atoms with Crippen molar-refractivity contribution in [1.29, 1.82) is 0 Å². The van der Waals surface area contributed by atoms with Crippen LogP contribution in [0.2, 0.25) is 0 Å². The molecule has 1 unspecified atom stereocenters. The maximum Gasteiger partial charge on any atom is 0.0929 e. The Balaban J connectivity index is 1.92. The van der Waals surface area contributed by atoms with Gasteiger partial charge in [0.15, 0.2) is 0 Å². The van der Waals surface area contributed by atoms with Gasteiger partial charge < -0.3 is 10.1 Å². The van der Waals surface area contributed by atoms with Gasteiger partial charge in [0.05, 0.1) is 12.2 Å². The van der Waals surface area contributed by atoms with Crippen LogP contribution in [0.25, 0.3) is 0 Å². The van der Waals surface area contributed by atoms with Gasteiger partial charge in [0.2, 0.25) is 0 Å². The molecule has 2 heterocycles. The van der Waals surface area contributed by atoms with E-state index in [0.717, 1.165) is 13.2 Å². The molecule has 0 bridgehead atoms. The summed E-state index contributed by atoms with van der Waals surface area (Å²) in [4.78, 5) is 0.